The number of aryl methyl sites for hydroxylation is 1. The molecule has 136 valence electrons. The molecule has 0 fully saturated rings. The maximum Gasteiger partial charge on any atom is 0.276 e. The van der Waals surface area contributed by atoms with E-state index >= 15 is 0 Å². The molecule has 0 radical (unpaired) electrons. The number of thioether (sulfide) groups is 1. The van der Waals surface area contributed by atoms with Crippen molar-refractivity contribution in [1.82, 2.24) is 19.7 Å². The average Bonchev–Trinajstić information content (AvgIpc) is 3.27. The van der Waals surface area contributed by atoms with E-state index in [1.54, 1.807) is 16.7 Å². The molecule has 0 saturated heterocycles. The van der Waals surface area contributed by atoms with Crippen molar-refractivity contribution in [2.75, 3.05) is 11.6 Å². The van der Waals surface area contributed by atoms with E-state index in [0.29, 0.717) is 21.7 Å². The van der Waals surface area contributed by atoms with Gasteiger partial charge in [0, 0.05) is 12.1 Å². The Bertz CT molecular complexity index is 891. The van der Waals surface area contributed by atoms with Gasteiger partial charge in [0.05, 0.1) is 6.20 Å². The third-order valence-electron chi connectivity index (χ3n) is 3.66. The van der Waals surface area contributed by atoms with Gasteiger partial charge in [0.1, 0.15) is 16.5 Å². The summed E-state index contributed by atoms with van der Waals surface area (Å²) in [5.74, 6) is -0.667. The summed E-state index contributed by atoms with van der Waals surface area (Å²) in [5.41, 5.74) is 1.02. The zero-order valence-electron chi connectivity index (χ0n) is 14.4. The Balaban J connectivity index is 1.84. The molecule has 0 aliphatic rings. The molecule has 1 amide bonds. The SMILES string of the molecule is CCCCc1nnc(NC(=O)c2cnc(SC)n2-c2ccc(F)cc2)s1. The summed E-state index contributed by atoms with van der Waals surface area (Å²) in [6, 6.07) is 5.93. The molecule has 0 bridgehead atoms. The summed E-state index contributed by atoms with van der Waals surface area (Å²) in [6.45, 7) is 2.11. The van der Waals surface area contributed by atoms with Gasteiger partial charge in [-0.2, -0.15) is 0 Å². The van der Waals surface area contributed by atoms with Crippen molar-refractivity contribution in [3.8, 4) is 5.69 Å². The monoisotopic (exact) mass is 391 g/mol. The van der Waals surface area contributed by atoms with Crippen molar-refractivity contribution >= 4 is 34.1 Å². The van der Waals surface area contributed by atoms with Crippen molar-refractivity contribution < 1.29 is 9.18 Å². The predicted octanol–water partition coefficient (Wildman–Crippen LogP) is 4.18. The van der Waals surface area contributed by atoms with Gasteiger partial charge in [-0.25, -0.2) is 9.37 Å². The molecule has 0 unspecified atom stereocenters. The number of anilines is 1. The van der Waals surface area contributed by atoms with Gasteiger partial charge in [-0.1, -0.05) is 36.4 Å². The van der Waals surface area contributed by atoms with E-state index in [1.165, 1.54) is 41.4 Å². The summed E-state index contributed by atoms with van der Waals surface area (Å²) >= 11 is 2.78. The topological polar surface area (TPSA) is 72.7 Å². The van der Waals surface area contributed by atoms with Crippen molar-refractivity contribution in [1.29, 1.82) is 0 Å². The predicted molar refractivity (Wildman–Crippen MR) is 102 cm³/mol. The quantitative estimate of drug-likeness (QED) is 0.612. The fourth-order valence-electron chi connectivity index (χ4n) is 2.37. The number of hydrogen-bond acceptors (Lipinski definition) is 6. The molecule has 3 rings (SSSR count). The first kappa shape index (κ1) is 18.5. The zero-order chi connectivity index (χ0) is 18.5. The molecule has 3 aromatic rings. The standard InChI is InChI=1S/C17H18FN5OS2/c1-3-4-5-14-21-22-16(26-14)20-15(24)13-10-19-17(25-2)23(13)12-8-6-11(18)7-9-12/h6-10H,3-5H2,1-2H3,(H,20,22,24). The number of benzene rings is 1. The minimum Gasteiger partial charge on any atom is -0.295 e. The summed E-state index contributed by atoms with van der Waals surface area (Å²) in [4.78, 5) is 17.0. The van der Waals surface area contributed by atoms with Gasteiger partial charge in [-0.15, -0.1) is 10.2 Å². The number of carbonyl (C=O) groups is 1. The van der Waals surface area contributed by atoms with Crippen molar-refractivity contribution in [3.05, 3.63) is 47.0 Å². The summed E-state index contributed by atoms with van der Waals surface area (Å²) in [5, 5.41) is 12.9. The number of nitrogens with zero attached hydrogens (tertiary/aromatic N) is 4. The van der Waals surface area contributed by atoms with Crippen molar-refractivity contribution in [2.24, 2.45) is 0 Å². The molecule has 0 atom stereocenters. The van der Waals surface area contributed by atoms with Crippen molar-refractivity contribution in [2.45, 2.75) is 31.3 Å². The van der Waals surface area contributed by atoms with Gasteiger partial charge in [0.15, 0.2) is 5.16 Å². The van der Waals surface area contributed by atoms with Gasteiger partial charge in [0.2, 0.25) is 5.13 Å². The van der Waals surface area contributed by atoms with Crippen LogP contribution in [0, 0.1) is 5.82 Å². The molecule has 2 heterocycles. The van der Waals surface area contributed by atoms with Crippen LogP contribution in [0.1, 0.15) is 35.3 Å². The second-order valence-electron chi connectivity index (χ2n) is 5.50. The van der Waals surface area contributed by atoms with Crippen LogP contribution in [-0.2, 0) is 6.42 Å². The third-order valence-corrected chi connectivity index (χ3v) is 5.21. The summed E-state index contributed by atoms with van der Waals surface area (Å²) in [6.07, 6.45) is 6.35. The molecule has 0 aliphatic carbocycles. The molecule has 2 aromatic heterocycles. The number of imidazole rings is 1. The Morgan fingerprint density at radius 2 is 2.08 bits per heavy atom. The number of unbranched alkanes of at least 4 members (excludes halogenated alkanes) is 1. The largest absolute Gasteiger partial charge is 0.295 e. The smallest absolute Gasteiger partial charge is 0.276 e. The number of carbonyl (C=O) groups excluding carboxylic acids is 1. The highest BCUT2D eigenvalue weighted by Crippen LogP contribution is 2.24. The normalized spacial score (nSPS) is 10.9. The number of amides is 1. The van der Waals surface area contributed by atoms with E-state index in [1.807, 2.05) is 6.26 Å². The maximum absolute atomic E-state index is 13.2. The van der Waals surface area contributed by atoms with Crippen LogP contribution in [0.15, 0.2) is 35.6 Å². The Morgan fingerprint density at radius 1 is 1.31 bits per heavy atom. The second kappa shape index (κ2) is 8.41. The first-order valence-corrected chi connectivity index (χ1v) is 10.2. The van der Waals surface area contributed by atoms with E-state index < -0.39 is 0 Å². The Morgan fingerprint density at radius 3 is 2.77 bits per heavy atom. The number of halogens is 1. The number of aromatic nitrogens is 4. The van der Waals surface area contributed by atoms with E-state index in [2.05, 4.69) is 27.4 Å². The molecule has 26 heavy (non-hydrogen) atoms. The zero-order valence-corrected chi connectivity index (χ0v) is 16.0. The van der Waals surface area contributed by atoms with Crippen LogP contribution in [0.25, 0.3) is 5.69 Å². The highest BCUT2D eigenvalue weighted by Gasteiger charge is 2.19. The molecular formula is C17H18FN5OS2. The molecular weight excluding hydrogens is 373 g/mol. The minimum atomic E-state index is -0.334. The lowest BCUT2D eigenvalue weighted by molar-refractivity contribution is 0.102. The van der Waals surface area contributed by atoms with Crippen LogP contribution in [0.5, 0.6) is 0 Å². The third kappa shape index (κ3) is 4.10. The van der Waals surface area contributed by atoms with Crippen LogP contribution in [-0.4, -0.2) is 31.9 Å². The van der Waals surface area contributed by atoms with Gasteiger partial charge >= 0.3 is 0 Å². The lowest BCUT2D eigenvalue weighted by Crippen LogP contribution is -2.16. The first-order chi connectivity index (χ1) is 12.6. The molecule has 9 heteroatoms. The lowest BCUT2D eigenvalue weighted by Gasteiger charge is -2.10. The fraction of sp³-hybridized carbons (Fsp3) is 0.294. The molecule has 1 aromatic carbocycles. The highest BCUT2D eigenvalue weighted by molar-refractivity contribution is 7.98. The molecule has 1 N–H and O–H groups in total. The van der Waals surface area contributed by atoms with Crippen LogP contribution >= 0.6 is 23.1 Å². The highest BCUT2D eigenvalue weighted by atomic mass is 32.2. The molecule has 0 saturated carbocycles. The summed E-state index contributed by atoms with van der Waals surface area (Å²) < 4.78 is 14.9. The Labute approximate surface area is 158 Å². The Hall–Kier alpha value is -2.26. The van der Waals surface area contributed by atoms with Gasteiger partial charge < -0.3 is 0 Å². The average molecular weight is 391 g/mol. The van der Waals surface area contributed by atoms with Crippen molar-refractivity contribution in [3.63, 3.8) is 0 Å². The van der Waals surface area contributed by atoms with Crippen LogP contribution in [0.4, 0.5) is 9.52 Å². The van der Waals surface area contributed by atoms with Gasteiger partial charge in [-0.05, 0) is 36.9 Å². The fourth-order valence-corrected chi connectivity index (χ4v) is 3.69. The Kier molecular flexibility index (Phi) is 6.00. The van der Waals surface area contributed by atoms with Gasteiger partial charge in [-0.3, -0.25) is 14.7 Å². The van der Waals surface area contributed by atoms with E-state index in [4.69, 9.17) is 0 Å². The number of rotatable bonds is 7. The number of hydrogen-bond donors (Lipinski definition) is 1. The van der Waals surface area contributed by atoms with Crippen LogP contribution < -0.4 is 5.32 Å². The minimum absolute atomic E-state index is 0.333. The number of nitrogens with one attached hydrogen (secondary N) is 1. The molecule has 0 aliphatic heterocycles. The second-order valence-corrected chi connectivity index (χ2v) is 7.34. The van der Waals surface area contributed by atoms with E-state index in [9.17, 15) is 9.18 Å². The van der Waals surface area contributed by atoms with E-state index in [0.717, 1.165) is 24.3 Å². The summed E-state index contributed by atoms with van der Waals surface area (Å²) in [7, 11) is 0. The van der Waals surface area contributed by atoms with Gasteiger partial charge in [0.25, 0.3) is 5.91 Å². The lowest BCUT2D eigenvalue weighted by atomic mass is 10.3. The molecule has 6 nitrogen and oxygen atoms in total. The van der Waals surface area contributed by atoms with Crippen LogP contribution in [0.3, 0.4) is 0 Å². The molecule has 0 spiro atoms. The maximum atomic E-state index is 13.2. The van der Waals surface area contributed by atoms with Crippen LogP contribution in [0.2, 0.25) is 0 Å². The van der Waals surface area contributed by atoms with E-state index in [-0.39, 0.29) is 11.7 Å². The first-order valence-electron chi connectivity index (χ1n) is 8.13.